The van der Waals surface area contributed by atoms with E-state index in [1.54, 1.807) is 0 Å². The van der Waals surface area contributed by atoms with Crippen molar-refractivity contribution in [3.63, 3.8) is 0 Å². The molecule has 3 nitrogen and oxygen atoms in total. The summed E-state index contributed by atoms with van der Waals surface area (Å²) in [5.74, 6) is 1.14. The maximum atomic E-state index is 12.3. The lowest BCUT2D eigenvalue weighted by atomic mass is 10.1. The molecule has 0 radical (unpaired) electrons. The van der Waals surface area contributed by atoms with Gasteiger partial charge in [-0.15, -0.1) is 11.8 Å². The van der Waals surface area contributed by atoms with Crippen molar-refractivity contribution in [2.75, 3.05) is 18.8 Å². The highest BCUT2D eigenvalue weighted by molar-refractivity contribution is 7.99. The van der Waals surface area contributed by atoms with Gasteiger partial charge in [-0.05, 0) is 38.8 Å². The lowest BCUT2D eigenvalue weighted by Crippen LogP contribution is -2.39. The zero-order valence-corrected chi connectivity index (χ0v) is 13.3. The minimum absolute atomic E-state index is 0.0435. The smallest absolute Gasteiger partial charge is 0.251 e. The van der Waals surface area contributed by atoms with E-state index in [0.717, 1.165) is 25.3 Å². The Morgan fingerprint density at radius 1 is 1.40 bits per heavy atom. The van der Waals surface area contributed by atoms with Crippen LogP contribution in [0.1, 0.15) is 38.9 Å². The third kappa shape index (κ3) is 3.36. The molecule has 1 aliphatic rings. The number of carbonyl (C=O) groups is 1. The number of rotatable bonds is 5. The number of nitrogens with zero attached hydrogens (tertiary/aromatic N) is 1. The summed E-state index contributed by atoms with van der Waals surface area (Å²) < 4.78 is 6.06. The van der Waals surface area contributed by atoms with Crippen LogP contribution in [0, 0.1) is 0 Å². The van der Waals surface area contributed by atoms with Crippen LogP contribution in [-0.2, 0) is 9.53 Å². The number of carbonyl (C=O) groups excluding carboxylic acids is 1. The molecule has 1 amide bonds. The van der Waals surface area contributed by atoms with Gasteiger partial charge in [0, 0.05) is 23.7 Å². The highest BCUT2D eigenvalue weighted by Gasteiger charge is 2.26. The molecule has 2 rings (SSSR count). The molecular formula is C16H23NO2S. The van der Waals surface area contributed by atoms with Crippen LogP contribution in [0.15, 0.2) is 29.2 Å². The molecule has 0 saturated carbocycles. The van der Waals surface area contributed by atoms with E-state index >= 15 is 0 Å². The Hall–Kier alpha value is -1.00. The molecule has 1 heterocycles. The van der Waals surface area contributed by atoms with Crippen LogP contribution in [-0.4, -0.2) is 35.8 Å². The first-order chi connectivity index (χ1) is 9.67. The Kier molecular flexibility index (Phi) is 5.49. The summed E-state index contributed by atoms with van der Waals surface area (Å²) in [6, 6.07) is 8.34. The van der Waals surface area contributed by atoms with E-state index in [2.05, 4.69) is 18.2 Å². The first-order valence-electron chi connectivity index (χ1n) is 7.33. The van der Waals surface area contributed by atoms with E-state index in [1.807, 2.05) is 43.5 Å². The van der Waals surface area contributed by atoms with Crippen LogP contribution in [0.2, 0.25) is 0 Å². The molecule has 0 saturated heterocycles. The molecule has 0 bridgehead atoms. The summed E-state index contributed by atoms with van der Waals surface area (Å²) in [6.45, 7) is 7.34. The number of ether oxygens (including phenoxy) is 1. The molecule has 2 atom stereocenters. The van der Waals surface area contributed by atoms with E-state index in [0.29, 0.717) is 0 Å². The van der Waals surface area contributed by atoms with Crippen LogP contribution in [0.3, 0.4) is 0 Å². The average Bonchev–Trinajstić information content (AvgIpc) is 2.48. The minimum Gasteiger partial charge on any atom is -0.361 e. The van der Waals surface area contributed by atoms with Crippen molar-refractivity contribution in [3.8, 4) is 0 Å². The first-order valence-corrected chi connectivity index (χ1v) is 8.31. The molecule has 20 heavy (non-hydrogen) atoms. The Labute approximate surface area is 125 Å². The summed E-state index contributed by atoms with van der Waals surface area (Å²) in [4.78, 5) is 15.4. The lowest BCUT2D eigenvalue weighted by molar-refractivity contribution is -0.146. The minimum atomic E-state index is -0.379. The van der Waals surface area contributed by atoms with E-state index in [9.17, 15) is 4.79 Å². The SMILES string of the molecule is CCN(CC)C(=O)C(C)OC1CCSc2ccccc21. The van der Waals surface area contributed by atoms with Gasteiger partial charge in [0.05, 0.1) is 6.10 Å². The largest absolute Gasteiger partial charge is 0.361 e. The van der Waals surface area contributed by atoms with E-state index < -0.39 is 0 Å². The molecule has 0 N–H and O–H groups in total. The zero-order chi connectivity index (χ0) is 14.5. The molecule has 0 aromatic heterocycles. The topological polar surface area (TPSA) is 29.5 Å². The highest BCUT2D eigenvalue weighted by Crippen LogP contribution is 2.38. The monoisotopic (exact) mass is 293 g/mol. The van der Waals surface area contributed by atoms with Crippen molar-refractivity contribution in [1.29, 1.82) is 0 Å². The summed E-state index contributed by atoms with van der Waals surface area (Å²) >= 11 is 1.87. The Bertz CT molecular complexity index is 460. The number of hydrogen-bond acceptors (Lipinski definition) is 3. The van der Waals surface area contributed by atoms with Gasteiger partial charge in [-0.3, -0.25) is 4.79 Å². The number of likely N-dealkylation sites (N-methyl/N-ethyl adjacent to an activating group) is 1. The summed E-state index contributed by atoms with van der Waals surface area (Å²) in [5.41, 5.74) is 1.22. The van der Waals surface area contributed by atoms with Crippen molar-refractivity contribution in [3.05, 3.63) is 29.8 Å². The standard InChI is InChI=1S/C16H23NO2S/c1-4-17(5-2)16(18)12(3)19-14-10-11-20-15-9-7-6-8-13(14)15/h6-9,12,14H,4-5,10-11H2,1-3H3. The van der Waals surface area contributed by atoms with Crippen LogP contribution in [0.25, 0.3) is 0 Å². The van der Waals surface area contributed by atoms with Crippen LogP contribution in [0.4, 0.5) is 0 Å². The second-order valence-corrected chi connectivity index (χ2v) is 6.09. The molecule has 2 unspecified atom stereocenters. The predicted molar refractivity (Wildman–Crippen MR) is 83.0 cm³/mol. The number of hydrogen-bond donors (Lipinski definition) is 0. The maximum Gasteiger partial charge on any atom is 0.251 e. The molecule has 0 aliphatic carbocycles. The van der Waals surface area contributed by atoms with Crippen molar-refractivity contribution in [1.82, 2.24) is 4.90 Å². The zero-order valence-electron chi connectivity index (χ0n) is 12.5. The first kappa shape index (κ1) is 15.4. The predicted octanol–water partition coefficient (Wildman–Crippen LogP) is 3.50. The van der Waals surface area contributed by atoms with Crippen molar-refractivity contribution < 1.29 is 9.53 Å². The summed E-state index contributed by atoms with van der Waals surface area (Å²) in [7, 11) is 0. The maximum absolute atomic E-state index is 12.3. The molecule has 4 heteroatoms. The van der Waals surface area contributed by atoms with Crippen LogP contribution < -0.4 is 0 Å². The molecule has 1 aromatic rings. The summed E-state index contributed by atoms with van der Waals surface area (Å²) in [6.07, 6.45) is 0.635. The fourth-order valence-electron chi connectivity index (χ4n) is 2.55. The van der Waals surface area contributed by atoms with Gasteiger partial charge in [0.15, 0.2) is 0 Å². The fraction of sp³-hybridized carbons (Fsp3) is 0.562. The third-order valence-electron chi connectivity index (χ3n) is 3.69. The van der Waals surface area contributed by atoms with Crippen molar-refractivity contribution >= 4 is 17.7 Å². The number of benzene rings is 1. The van der Waals surface area contributed by atoms with Gasteiger partial charge < -0.3 is 9.64 Å². The average molecular weight is 293 g/mol. The molecule has 0 fully saturated rings. The molecule has 1 aliphatic heterocycles. The number of amides is 1. The van der Waals surface area contributed by atoms with E-state index in [1.165, 1.54) is 10.5 Å². The highest BCUT2D eigenvalue weighted by atomic mass is 32.2. The van der Waals surface area contributed by atoms with Gasteiger partial charge in [0.25, 0.3) is 5.91 Å². The quantitative estimate of drug-likeness (QED) is 0.832. The van der Waals surface area contributed by atoms with Crippen molar-refractivity contribution in [2.45, 2.75) is 44.3 Å². The Morgan fingerprint density at radius 3 is 2.80 bits per heavy atom. The van der Waals surface area contributed by atoms with E-state index in [4.69, 9.17) is 4.74 Å². The van der Waals surface area contributed by atoms with Crippen LogP contribution >= 0.6 is 11.8 Å². The molecular weight excluding hydrogens is 270 g/mol. The fourth-order valence-corrected chi connectivity index (χ4v) is 3.64. The Balaban J connectivity index is 2.06. The second-order valence-electron chi connectivity index (χ2n) is 4.95. The van der Waals surface area contributed by atoms with Gasteiger partial charge in [-0.25, -0.2) is 0 Å². The van der Waals surface area contributed by atoms with Crippen molar-refractivity contribution in [2.24, 2.45) is 0 Å². The Morgan fingerprint density at radius 2 is 2.10 bits per heavy atom. The molecule has 0 spiro atoms. The van der Waals surface area contributed by atoms with Gasteiger partial charge in [-0.2, -0.15) is 0 Å². The van der Waals surface area contributed by atoms with Crippen LogP contribution in [0.5, 0.6) is 0 Å². The summed E-state index contributed by atoms with van der Waals surface area (Å²) in [5, 5.41) is 0. The lowest BCUT2D eigenvalue weighted by Gasteiger charge is -2.29. The number of thioether (sulfide) groups is 1. The third-order valence-corrected chi connectivity index (χ3v) is 4.82. The normalized spacial score (nSPS) is 19.2. The van der Waals surface area contributed by atoms with E-state index in [-0.39, 0.29) is 18.1 Å². The second kappa shape index (κ2) is 7.14. The van der Waals surface area contributed by atoms with Gasteiger partial charge in [0.1, 0.15) is 6.10 Å². The van der Waals surface area contributed by atoms with Gasteiger partial charge in [0.2, 0.25) is 0 Å². The molecule has 1 aromatic carbocycles. The number of fused-ring (bicyclic) bond motifs is 1. The van der Waals surface area contributed by atoms with Gasteiger partial charge in [-0.1, -0.05) is 18.2 Å². The molecule has 110 valence electrons. The van der Waals surface area contributed by atoms with Gasteiger partial charge >= 0.3 is 0 Å².